The Morgan fingerprint density at radius 1 is 1.08 bits per heavy atom. The summed E-state index contributed by atoms with van der Waals surface area (Å²) in [6.07, 6.45) is 5.40. The van der Waals surface area contributed by atoms with E-state index in [0.29, 0.717) is 41.6 Å². The van der Waals surface area contributed by atoms with E-state index in [1.165, 1.54) is 32.0 Å². The van der Waals surface area contributed by atoms with Gasteiger partial charge in [-0.1, -0.05) is 12.1 Å². The third kappa shape index (κ3) is 4.32. The summed E-state index contributed by atoms with van der Waals surface area (Å²) in [4.78, 5) is 19.9. The molecule has 7 rings (SSSR count). The van der Waals surface area contributed by atoms with Gasteiger partial charge in [-0.25, -0.2) is 9.37 Å². The third-order valence-corrected chi connectivity index (χ3v) is 6.99. The number of nitrogens with zero attached hydrogens (tertiary/aromatic N) is 6. The van der Waals surface area contributed by atoms with Gasteiger partial charge < -0.3 is 19.8 Å². The summed E-state index contributed by atoms with van der Waals surface area (Å²) in [6, 6.07) is 9.64. The molecule has 6 heterocycles. The Labute approximate surface area is 208 Å². The minimum atomic E-state index is -0.450. The minimum absolute atomic E-state index is 0.175. The van der Waals surface area contributed by atoms with Gasteiger partial charge in [0.1, 0.15) is 23.5 Å². The van der Waals surface area contributed by atoms with Crippen molar-refractivity contribution >= 4 is 17.0 Å². The number of hydrogen-bond donors (Lipinski definition) is 1. The number of nitrogens with two attached hydrogens (primary N) is 1. The summed E-state index contributed by atoms with van der Waals surface area (Å²) in [5.41, 5.74) is 8.66. The van der Waals surface area contributed by atoms with Crippen LogP contribution in [0.25, 0.3) is 22.6 Å². The molecule has 9 nitrogen and oxygen atoms in total. The van der Waals surface area contributed by atoms with Crippen LogP contribution in [0.15, 0.2) is 42.7 Å². The normalized spacial score (nSPS) is 21.1. The Morgan fingerprint density at radius 3 is 2.58 bits per heavy atom. The molecule has 3 aliphatic rings. The number of anilines is 1. The summed E-state index contributed by atoms with van der Waals surface area (Å²) in [5.74, 6) is 1.76. The number of fused-ring (bicyclic) bond motifs is 4. The van der Waals surface area contributed by atoms with E-state index in [2.05, 4.69) is 24.8 Å². The zero-order chi connectivity index (χ0) is 24.6. The average molecular weight is 490 g/mol. The lowest BCUT2D eigenvalue weighted by Crippen LogP contribution is -2.52. The highest BCUT2D eigenvalue weighted by Gasteiger charge is 2.35. The molecule has 0 unspecified atom stereocenters. The fourth-order valence-electron chi connectivity index (χ4n) is 5.17. The first-order valence-corrected chi connectivity index (χ1v) is 12.3. The van der Waals surface area contributed by atoms with E-state index in [9.17, 15) is 4.39 Å². The van der Waals surface area contributed by atoms with E-state index in [1.807, 2.05) is 35.8 Å². The lowest BCUT2D eigenvalue weighted by molar-refractivity contribution is -0.00776. The molecule has 4 aromatic rings. The molecule has 1 atom stereocenters. The fourth-order valence-corrected chi connectivity index (χ4v) is 5.17. The molecule has 0 aliphatic carbocycles. The molecule has 0 amide bonds. The highest BCUT2D eigenvalue weighted by atomic mass is 19.1. The van der Waals surface area contributed by atoms with Gasteiger partial charge in [-0.3, -0.25) is 9.88 Å². The molecule has 3 aliphatic heterocycles. The number of pyridine rings is 1. The highest BCUT2D eigenvalue weighted by molar-refractivity contribution is 5.85. The maximum absolute atomic E-state index is 14.0. The Balaban J connectivity index is 1.33. The van der Waals surface area contributed by atoms with Gasteiger partial charge in [0, 0.05) is 18.3 Å². The van der Waals surface area contributed by atoms with Crippen LogP contribution < -0.4 is 15.2 Å². The maximum atomic E-state index is 14.0. The summed E-state index contributed by atoms with van der Waals surface area (Å²) < 4.78 is 27.8. The first kappa shape index (κ1) is 22.7. The van der Waals surface area contributed by atoms with Crippen molar-refractivity contribution in [1.29, 1.82) is 0 Å². The van der Waals surface area contributed by atoms with Crippen molar-refractivity contribution < 1.29 is 13.9 Å². The Hall–Kier alpha value is -3.79. The second-order valence-electron chi connectivity index (χ2n) is 9.35. The number of hydrogen-bond acceptors (Lipinski definition) is 8. The lowest BCUT2D eigenvalue weighted by atomic mass is 9.86. The van der Waals surface area contributed by atoms with E-state index in [1.54, 1.807) is 6.20 Å². The van der Waals surface area contributed by atoms with Gasteiger partial charge in [0.15, 0.2) is 17.0 Å². The zero-order valence-corrected chi connectivity index (χ0v) is 20.1. The van der Waals surface area contributed by atoms with E-state index in [0.717, 1.165) is 24.1 Å². The molecule has 3 saturated heterocycles. The first-order valence-electron chi connectivity index (χ1n) is 12.3. The monoisotopic (exact) mass is 489 g/mol. The van der Waals surface area contributed by atoms with Crippen LogP contribution in [0.1, 0.15) is 25.3 Å². The molecule has 1 aromatic carbocycles. The van der Waals surface area contributed by atoms with Crippen molar-refractivity contribution in [3.8, 4) is 23.1 Å². The van der Waals surface area contributed by atoms with E-state index in [-0.39, 0.29) is 17.9 Å². The van der Waals surface area contributed by atoms with Crippen molar-refractivity contribution in [2.75, 3.05) is 32.0 Å². The number of aromatic nitrogens is 5. The SMILES string of the molecule is CCOc1nc(N)c2nc(-c3cncc(F)c3)n(Cc3ccc(O[C@H]4CN5CCC4CC5)cc3)c2n1. The van der Waals surface area contributed by atoms with Gasteiger partial charge in [-0.15, -0.1) is 0 Å². The van der Waals surface area contributed by atoms with Gasteiger partial charge in [0.05, 0.1) is 19.3 Å². The molecule has 186 valence electrons. The fraction of sp³-hybridized carbons (Fsp3) is 0.385. The molecule has 2 N–H and O–H groups in total. The predicted molar refractivity (Wildman–Crippen MR) is 133 cm³/mol. The molecular formula is C26H28FN7O2. The molecule has 10 heteroatoms. The Kier molecular flexibility index (Phi) is 5.88. The van der Waals surface area contributed by atoms with Gasteiger partial charge in [0.25, 0.3) is 0 Å². The standard InChI is InChI=1S/C26H28FN7O2/c1-2-35-26-31-23(28)22-25(32-26)34(24(30-22)18-11-19(27)13-29-12-18)14-16-3-5-20(6-4-16)36-21-15-33-9-7-17(21)8-10-33/h3-6,11-13,17,21H,2,7-10,14-15H2,1H3,(H2,28,31,32)/t21-/m0/s1. The molecular weight excluding hydrogens is 461 g/mol. The van der Waals surface area contributed by atoms with Crippen molar-refractivity contribution in [2.24, 2.45) is 5.92 Å². The second kappa shape index (κ2) is 9.34. The Morgan fingerprint density at radius 2 is 1.89 bits per heavy atom. The molecule has 2 bridgehead atoms. The summed E-state index contributed by atoms with van der Waals surface area (Å²) in [5, 5.41) is 0. The third-order valence-electron chi connectivity index (χ3n) is 6.99. The lowest BCUT2D eigenvalue weighted by Gasteiger charge is -2.44. The van der Waals surface area contributed by atoms with Crippen molar-refractivity contribution in [1.82, 2.24) is 29.4 Å². The average Bonchev–Trinajstić information content (AvgIpc) is 3.25. The van der Waals surface area contributed by atoms with Gasteiger partial charge >= 0.3 is 6.01 Å². The molecule has 0 radical (unpaired) electrons. The number of piperidine rings is 3. The van der Waals surface area contributed by atoms with Crippen molar-refractivity contribution in [2.45, 2.75) is 32.4 Å². The molecule has 3 fully saturated rings. The van der Waals surface area contributed by atoms with Crippen LogP contribution in [-0.4, -0.2) is 61.7 Å². The topological polar surface area (TPSA) is 104 Å². The van der Waals surface area contributed by atoms with Crippen molar-refractivity contribution in [3.63, 3.8) is 0 Å². The maximum Gasteiger partial charge on any atom is 0.320 e. The molecule has 3 aromatic heterocycles. The second-order valence-corrected chi connectivity index (χ2v) is 9.35. The number of benzene rings is 1. The predicted octanol–water partition coefficient (Wildman–Crippen LogP) is 3.53. The Bertz CT molecular complexity index is 1380. The molecule has 36 heavy (non-hydrogen) atoms. The number of halogens is 1. The van der Waals surface area contributed by atoms with Gasteiger partial charge in [-0.2, -0.15) is 9.97 Å². The van der Waals surface area contributed by atoms with Crippen LogP contribution >= 0.6 is 0 Å². The smallest absolute Gasteiger partial charge is 0.320 e. The number of imidazole rings is 1. The van der Waals surface area contributed by atoms with Crippen LogP contribution in [0.5, 0.6) is 11.8 Å². The van der Waals surface area contributed by atoms with E-state index < -0.39 is 5.82 Å². The number of ether oxygens (including phenoxy) is 2. The largest absolute Gasteiger partial charge is 0.489 e. The van der Waals surface area contributed by atoms with E-state index in [4.69, 9.17) is 15.2 Å². The van der Waals surface area contributed by atoms with Gasteiger partial charge in [-0.05, 0) is 62.5 Å². The quantitative estimate of drug-likeness (QED) is 0.421. The molecule has 0 spiro atoms. The summed E-state index contributed by atoms with van der Waals surface area (Å²) >= 11 is 0. The van der Waals surface area contributed by atoms with Crippen LogP contribution in [0.3, 0.4) is 0 Å². The van der Waals surface area contributed by atoms with Gasteiger partial charge in [0.2, 0.25) is 0 Å². The van der Waals surface area contributed by atoms with Crippen LogP contribution in [-0.2, 0) is 6.54 Å². The van der Waals surface area contributed by atoms with Crippen LogP contribution in [0.2, 0.25) is 0 Å². The van der Waals surface area contributed by atoms with Crippen molar-refractivity contribution in [3.05, 3.63) is 54.1 Å². The minimum Gasteiger partial charge on any atom is -0.489 e. The number of nitrogen functional groups attached to an aromatic ring is 1. The summed E-state index contributed by atoms with van der Waals surface area (Å²) in [6.45, 7) is 6.06. The van der Waals surface area contributed by atoms with Crippen LogP contribution in [0.4, 0.5) is 10.2 Å². The zero-order valence-electron chi connectivity index (χ0n) is 20.1. The van der Waals surface area contributed by atoms with E-state index >= 15 is 0 Å². The molecule has 0 saturated carbocycles. The first-order chi connectivity index (χ1) is 17.6. The number of rotatable bonds is 7. The summed E-state index contributed by atoms with van der Waals surface area (Å²) in [7, 11) is 0. The highest BCUT2D eigenvalue weighted by Crippen LogP contribution is 2.32. The van der Waals surface area contributed by atoms with Crippen LogP contribution in [0, 0.1) is 11.7 Å².